The van der Waals surface area contributed by atoms with E-state index in [1.807, 2.05) is 18.4 Å². The molecule has 2 amide bonds. The summed E-state index contributed by atoms with van der Waals surface area (Å²) in [6.07, 6.45) is 3.09. The van der Waals surface area contributed by atoms with Crippen LogP contribution in [-0.4, -0.2) is 40.6 Å². The van der Waals surface area contributed by atoms with Crippen LogP contribution in [-0.2, 0) is 0 Å². The minimum absolute atomic E-state index is 0.0400. The van der Waals surface area contributed by atoms with Crippen molar-refractivity contribution in [1.29, 1.82) is 0 Å². The number of benzene rings is 2. The minimum atomic E-state index is -0.754. The number of carbonyl (C=O) groups excluding carboxylic acids is 2. The van der Waals surface area contributed by atoms with Crippen LogP contribution in [0.3, 0.4) is 0 Å². The second-order valence-electron chi connectivity index (χ2n) is 8.09. The highest BCUT2D eigenvalue weighted by Crippen LogP contribution is 2.37. The van der Waals surface area contributed by atoms with E-state index in [2.05, 4.69) is 9.97 Å². The van der Waals surface area contributed by atoms with Crippen molar-refractivity contribution in [3.8, 4) is 11.5 Å². The Labute approximate surface area is 202 Å². The Kier molecular flexibility index (Phi) is 6.28. The van der Waals surface area contributed by atoms with Gasteiger partial charge in [-0.25, -0.2) is 14.8 Å². The molecule has 0 aliphatic rings. The van der Waals surface area contributed by atoms with Crippen LogP contribution >= 0.6 is 0 Å². The third-order valence-corrected chi connectivity index (χ3v) is 5.65. The van der Waals surface area contributed by atoms with Gasteiger partial charge in [-0.3, -0.25) is 9.69 Å². The minimum Gasteiger partial charge on any atom is -0.497 e. The third kappa shape index (κ3) is 4.21. The molecule has 35 heavy (non-hydrogen) atoms. The second kappa shape index (κ2) is 9.34. The summed E-state index contributed by atoms with van der Waals surface area (Å²) < 4.78 is 12.6. The summed E-state index contributed by atoms with van der Waals surface area (Å²) in [4.78, 5) is 35.9. The number of ether oxygens (including phenoxy) is 2. The first-order valence-electron chi connectivity index (χ1n) is 10.8. The highest BCUT2D eigenvalue weighted by Gasteiger charge is 2.25. The number of aromatic nitrogens is 3. The van der Waals surface area contributed by atoms with E-state index in [0.717, 1.165) is 0 Å². The van der Waals surface area contributed by atoms with Crippen LogP contribution in [0.15, 0.2) is 55.0 Å². The topological polar surface area (TPSA) is 139 Å². The maximum Gasteiger partial charge on any atom is 0.324 e. The van der Waals surface area contributed by atoms with Gasteiger partial charge in [-0.05, 0) is 44.2 Å². The van der Waals surface area contributed by atoms with E-state index in [1.165, 1.54) is 25.4 Å². The number of amides is 2. The molecule has 2 aromatic heterocycles. The number of hydrogen-bond donors (Lipinski definition) is 2. The molecule has 0 aliphatic carbocycles. The number of fused-ring (bicyclic) bond motifs is 1. The molecule has 4 N–H and O–H groups in total. The predicted molar refractivity (Wildman–Crippen MR) is 133 cm³/mol. The molecule has 0 saturated carbocycles. The van der Waals surface area contributed by atoms with Crippen LogP contribution in [0.1, 0.15) is 35.8 Å². The molecular formula is C25H26N6O4. The molecule has 4 rings (SSSR count). The first kappa shape index (κ1) is 23.6. The standard InChI is InChI=1S/C25H26N6O4/c1-14(2)30-12-18(21-23(26)28-13-29-24(21)30)22(32)15-8-9-20(35-4)19(10-15)31(25(27)33)16-6-5-7-17(11-16)34-3/h5-14H,1-4H3,(H2,27,33)(H2,26,28,29). The molecule has 0 unspecified atom stereocenters. The fourth-order valence-electron chi connectivity index (χ4n) is 3.97. The molecule has 0 aliphatic heterocycles. The Morgan fingerprint density at radius 1 is 1.06 bits per heavy atom. The molecule has 0 fully saturated rings. The molecule has 10 heteroatoms. The van der Waals surface area contributed by atoms with Crippen LogP contribution in [0, 0.1) is 0 Å². The fraction of sp³-hybridized carbons (Fsp3) is 0.200. The lowest BCUT2D eigenvalue weighted by molar-refractivity contribution is 0.104. The summed E-state index contributed by atoms with van der Waals surface area (Å²) in [5.41, 5.74) is 13.9. The number of rotatable bonds is 7. The largest absolute Gasteiger partial charge is 0.497 e. The van der Waals surface area contributed by atoms with Gasteiger partial charge in [0.05, 0.1) is 36.5 Å². The average molecular weight is 475 g/mol. The number of nitrogen functional groups attached to an aromatic ring is 1. The highest BCUT2D eigenvalue weighted by atomic mass is 16.5. The molecule has 2 aromatic carbocycles. The Morgan fingerprint density at radius 3 is 2.49 bits per heavy atom. The summed E-state index contributed by atoms with van der Waals surface area (Å²) in [6.45, 7) is 3.96. The maximum absolute atomic E-state index is 13.7. The van der Waals surface area contributed by atoms with Crippen molar-refractivity contribution in [2.24, 2.45) is 5.73 Å². The van der Waals surface area contributed by atoms with E-state index in [4.69, 9.17) is 20.9 Å². The fourth-order valence-corrected chi connectivity index (χ4v) is 3.97. The summed E-state index contributed by atoms with van der Waals surface area (Å²) >= 11 is 0. The SMILES string of the molecule is COc1cccc(N(C(N)=O)c2cc(C(=O)c3cn(C(C)C)c4ncnc(N)c34)ccc2OC)c1. The summed E-state index contributed by atoms with van der Waals surface area (Å²) in [7, 11) is 3.00. The number of hydrogen-bond acceptors (Lipinski definition) is 7. The summed E-state index contributed by atoms with van der Waals surface area (Å²) in [6, 6.07) is 10.9. The highest BCUT2D eigenvalue weighted by molar-refractivity contribution is 6.18. The lowest BCUT2D eigenvalue weighted by atomic mass is 10.0. The molecule has 0 radical (unpaired) electrons. The van der Waals surface area contributed by atoms with Crippen molar-refractivity contribution in [2.75, 3.05) is 24.9 Å². The number of urea groups is 1. The first-order valence-corrected chi connectivity index (χ1v) is 10.8. The first-order chi connectivity index (χ1) is 16.8. The summed E-state index contributed by atoms with van der Waals surface area (Å²) in [5, 5.41) is 0.475. The van der Waals surface area contributed by atoms with Crippen molar-refractivity contribution in [3.63, 3.8) is 0 Å². The van der Waals surface area contributed by atoms with Crippen LogP contribution in [0.4, 0.5) is 22.0 Å². The normalized spacial score (nSPS) is 11.0. The monoisotopic (exact) mass is 474 g/mol. The Bertz CT molecular complexity index is 1430. The van der Waals surface area contributed by atoms with Gasteiger partial charge in [0, 0.05) is 23.9 Å². The molecule has 4 aromatic rings. The van der Waals surface area contributed by atoms with Gasteiger partial charge < -0.3 is 25.5 Å². The van der Waals surface area contributed by atoms with Crippen LogP contribution in [0.5, 0.6) is 11.5 Å². The number of ketones is 1. The number of carbonyl (C=O) groups is 2. The lowest BCUT2D eigenvalue weighted by Gasteiger charge is -2.23. The van der Waals surface area contributed by atoms with Gasteiger partial charge in [0.15, 0.2) is 5.78 Å². The predicted octanol–water partition coefficient (Wildman–Crippen LogP) is 4.06. The molecule has 0 bridgehead atoms. The van der Waals surface area contributed by atoms with Crippen molar-refractivity contribution in [3.05, 3.63) is 66.1 Å². The van der Waals surface area contributed by atoms with Gasteiger partial charge in [0.2, 0.25) is 0 Å². The molecule has 0 saturated heterocycles. The molecule has 180 valence electrons. The van der Waals surface area contributed by atoms with Crippen molar-refractivity contribution in [1.82, 2.24) is 14.5 Å². The van der Waals surface area contributed by atoms with Gasteiger partial charge in [-0.15, -0.1) is 0 Å². The smallest absolute Gasteiger partial charge is 0.324 e. The Morgan fingerprint density at radius 2 is 1.83 bits per heavy atom. The Balaban J connectivity index is 1.88. The average Bonchev–Trinajstić information content (AvgIpc) is 3.25. The second-order valence-corrected chi connectivity index (χ2v) is 8.09. The van der Waals surface area contributed by atoms with Crippen LogP contribution in [0.25, 0.3) is 11.0 Å². The number of anilines is 3. The van der Waals surface area contributed by atoms with Crippen molar-refractivity contribution in [2.45, 2.75) is 19.9 Å². The van der Waals surface area contributed by atoms with Crippen LogP contribution in [0.2, 0.25) is 0 Å². The Hall–Kier alpha value is -4.60. The summed E-state index contributed by atoms with van der Waals surface area (Å²) in [5.74, 6) is 0.795. The zero-order valence-corrected chi connectivity index (χ0v) is 19.9. The van der Waals surface area contributed by atoms with E-state index < -0.39 is 6.03 Å². The van der Waals surface area contributed by atoms with E-state index >= 15 is 0 Å². The van der Waals surface area contributed by atoms with E-state index in [9.17, 15) is 9.59 Å². The van der Waals surface area contributed by atoms with E-state index in [1.54, 1.807) is 48.7 Å². The van der Waals surface area contributed by atoms with Gasteiger partial charge in [-0.1, -0.05) is 6.07 Å². The molecule has 10 nitrogen and oxygen atoms in total. The van der Waals surface area contributed by atoms with E-state index in [-0.39, 0.29) is 17.6 Å². The maximum atomic E-state index is 13.7. The molecule has 0 atom stereocenters. The number of methoxy groups -OCH3 is 2. The van der Waals surface area contributed by atoms with Gasteiger partial charge in [0.1, 0.15) is 29.3 Å². The van der Waals surface area contributed by atoms with Gasteiger partial charge in [-0.2, -0.15) is 0 Å². The van der Waals surface area contributed by atoms with Crippen molar-refractivity contribution < 1.29 is 19.1 Å². The zero-order valence-electron chi connectivity index (χ0n) is 19.9. The quantitative estimate of drug-likeness (QED) is 0.385. The molecule has 2 heterocycles. The van der Waals surface area contributed by atoms with Gasteiger partial charge >= 0.3 is 6.03 Å². The number of nitrogens with two attached hydrogens (primary N) is 2. The van der Waals surface area contributed by atoms with Crippen molar-refractivity contribution >= 4 is 40.0 Å². The number of primary amides is 1. The zero-order chi connectivity index (χ0) is 25.3. The van der Waals surface area contributed by atoms with Crippen LogP contribution < -0.4 is 25.8 Å². The van der Waals surface area contributed by atoms with E-state index in [0.29, 0.717) is 45.0 Å². The molecule has 0 spiro atoms. The third-order valence-electron chi connectivity index (χ3n) is 5.65. The molecular weight excluding hydrogens is 448 g/mol. The number of nitrogens with zero attached hydrogens (tertiary/aromatic N) is 4. The van der Waals surface area contributed by atoms with Gasteiger partial charge in [0.25, 0.3) is 0 Å². The lowest BCUT2D eigenvalue weighted by Crippen LogP contribution is -2.32.